The maximum absolute atomic E-state index is 11.9. The van der Waals surface area contributed by atoms with Crippen molar-refractivity contribution in [1.82, 2.24) is 0 Å². The van der Waals surface area contributed by atoms with Gasteiger partial charge in [0.05, 0.1) is 9.92 Å². The maximum Gasteiger partial charge on any atom is 0.238 e. The van der Waals surface area contributed by atoms with Gasteiger partial charge in [-0.2, -0.15) is 0 Å². The first-order valence-corrected chi connectivity index (χ1v) is 10.0. The first kappa shape index (κ1) is 19.1. The van der Waals surface area contributed by atoms with Gasteiger partial charge in [0.2, 0.25) is 15.9 Å². The number of hydrogen-bond donors (Lipinski definition) is 2. The molecule has 2 rings (SSSR count). The monoisotopic (exact) mass is 404 g/mol. The zero-order valence-electron chi connectivity index (χ0n) is 12.3. The van der Waals surface area contributed by atoms with Gasteiger partial charge in [-0.15, -0.1) is 11.8 Å². The predicted octanol–water partition coefficient (Wildman–Crippen LogP) is 3.76. The average molecular weight is 405 g/mol. The van der Waals surface area contributed by atoms with Gasteiger partial charge >= 0.3 is 0 Å². The molecule has 1 amide bonds. The molecule has 0 aliphatic rings. The number of anilines is 1. The lowest BCUT2D eigenvalue weighted by atomic mass is 10.3. The highest BCUT2D eigenvalue weighted by atomic mass is 35.5. The quantitative estimate of drug-likeness (QED) is 0.717. The van der Waals surface area contributed by atoms with Crippen LogP contribution in [0.25, 0.3) is 0 Å². The van der Waals surface area contributed by atoms with Crippen LogP contribution in [0.4, 0.5) is 5.69 Å². The molecule has 0 radical (unpaired) electrons. The molecule has 0 heterocycles. The summed E-state index contributed by atoms with van der Waals surface area (Å²) in [5.74, 6) is 0.338. The van der Waals surface area contributed by atoms with Gasteiger partial charge < -0.3 is 5.32 Å². The van der Waals surface area contributed by atoms with E-state index in [1.165, 1.54) is 36.0 Å². The van der Waals surface area contributed by atoms with Gasteiger partial charge in [0.25, 0.3) is 0 Å². The highest BCUT2D eigenvalue weighted by Crippen LogP contribution is 2.30. The van der Waals surface area contributed by atoms with E-state index in [2.05, 4.69) is 5.32 Å². The molecule has 0 aromatic heterocycles. The summed E-state index contributed by atoms with van der Waals surface area (Å²) in [4.78, 5) is 12.7. The van der Waals surface area contributed by atoms with E-state index >= 15 is 0 Å². The van der Waals surface area contributed by atoms with Gasteiger partial charge in [0, 0.05) is 27.8 Å². The van der Waals surface area contributed by atoms with Crippen molar-refractivity contribution in [3.63, 3.8) is 0 Å². The Hall–Kier alpha value is -1.25. The Morgan fingerprint density at radius 3 is 2.42 bits per heavy atom. The van der Waals surface area contributed by atoms with Gasteiger partial charge in [-0.1, -0.05) is 23.2 Å². The van der Waals surface area contributed by atoms with E-state index in [1.807, 2.05) is 0 Å². The Kier molecular flexibility index (Phi) is 6.54. The number of sulfonamides is 1. The third-order valence-electron chi connectivity index (χ3n) is 2.95. The third kappa shape index (κ3) is 5.68. The standard InChI is InChI=1S/C15H14Cl2N2O3S2/c16-10-1-6-13(17)14(9-10)23-8-7-15(20)19-11-2-4-12(5-3-11)24(18,21)22/h1-6,9H,7-8H2,(H,19,20)(H2,18,21,22). The minimum Gasteiger partial charge on any atom is -0.326 e. The summed E-state index contributed by atoms with van der Waals surface area (Å²) < 4.78 is 22.3. The molecule has 0 unspecified atom stereocenters. The van der Waals surface area contributed by atoms with Crippen molar-refractivity contribution in [2.75, 3.05) is 11.1 Å². The third-order valence-corrected chi connectivity index (χ3v) is 5.61. The van der Waals surface area contributed by atoms with Crippen LogP contribution in [0.1, 0.15) is 6.42 Å². The van der Waals surface area contributed by atoms with E-state index in [4.69, 9.17) is 28.3 Å². The van der Waals surface area contributed by atoms with Gasteiger partial charge in [0.15, 0.2) is 0 Å². The second kappa shape index (κ2) is 8.22. The van der Waals surface area contributed by atoms with Crippen LogP contribution in [0, 0.1) is 0 Å². The Balaban J connectivity index is 1.86. The smallest absolute Gasteiger partial charge is 0.238 e. The molecule has 0 aliphatic carbocycles. The molecule has 0 spiro atoms. The van der Waals surface area contributed by atoms with Crippen LogP contribution in [0.3, 0.4) is 0 Å². The van der Waals surface area contributed by atoms with E-state index in [9.17, 15) is 13.2 Å². The van der Waals surface area contributed by atoms with Gasteiger partial charge in [0.1, 0.15) is 0 Å². The molecule has 2 aromatic carbocycles. The topological polar surface area (TPSA) is 89.3 Å². The first-order chi connectivity index (χ1) is 11.3. The molecule has 2 aromatic rings. The van der Waals surface area contributed by atoms with Crippen molar-refractivity contribution in [2.24, 2.45) is 5.14 Å². The number of benzene rings is 2. The number of halogens is 2. The van der Waals surface area contributed by atoms with Crippen molar-refractivity contribution in [3.05, 3.63) is 52.5 Å². The summed E-state index contributed by atoms with van der Waals surface area (Å²) >= 11 is 13.4. The lowest BCUT2D eigenvalue weighted by Gasteiger charge is -2.07. The largest absolute Gasteiger partial charge is 0.326 e. The molecule has 0 fully saturated rings. The van der Waals surface area contributed by atoms with E-state index in [1.54, 1.807) is 18.2 Å². The molecule has 5 nitrogen and oxygen atoms in total. The van der Waals surface area contributed by atoms with Crippen LogP contribution in [0.2, 0.25) is 10.0 Å². The minimum atomic E-state index is -3.74. The van der Waals surface area contributed by atoms with Crippen LogP contribution < -0.4 is 10.5 Å². The number of nitrogens with one attached hydrogen (secondary N) is 1. The molecular weight excluding hydrogens is 391 g/mol. The number of amides is 1. The SMILES string of the molecule is NS(=O)(=O)c1ccc(NC(=O)CCSc2cc(Cl)ccc2Cl)cc1. The zero-order chi connectivity index (χ0) is 17.7. The summed E-state index contributed by atoms with van der Waals surface area (Å²) in [6.07, 6.45) is 0.268. The normalized spacial score (nSPS) is 11.3. The van der Waals surface area contributed by atoms with Crippen LogP contribution in [0.15, 0.2) is 52.3 Å². The highest BCUT2D eigenvalue weighted by molar-refractivity contribution is 7.99. The van der Waals surface area contributed by atoms with Gasteiger partial charge in [-0.05, 0) is 42.5 Å². The molecule has 0 saturated heterocycles. The number of carbonyl (C=O) groups is 1. The molecule has 3 N–H and O–H groups in total. The van der Waals surface area contributed by atoms with Crippen molar-refractivity contribution in [1.29, 1.82) is 0 Å². The number of nitrogens with two attached hydrogens (primary N) is 1. The minimum absolute atomic E-state index is 0.00773. The van der Waals surface area contributed by atoms with Crippen LogP contribution in [-0.2, 0) is 14.8 Å². The summed E-state index contributed by atoms with van der Waals surface area (Å²) in [5, 5.41) is 8.87. The van der Waals surface area contributed by atoms with E-state index < -0.39 is 10.0 Å². The number of primary sulfonamides is 1. The fourth-order valence-electron chi connectivity index (χ4n) is 1.79. The Morgan fingerprint density at radius 2 is 1.79 bits per heavy atom. The maximum atomic E-state index is 11.9. The molecule has 0 atom stereocenters. The molecule has 24 heavy (non-hydrogen) atoms. The van der Waals surface area contributed by atoms with Crippen molar-refractivity contribution >= 4 is 56.6 Å². The zero-order valence-corrected chi connectivity index (χ0v) is 15.5. The summed E-state index contributed by atoms with van der Waals surface area (Å²) in [6.45, 7) is 0. The fraction of sp³-hybridized carbons (Fsp3) is 0.133. The van der Waals surface area contributed by atoms with Crippen LogP contribution in [0.5, 0.6) is 0 Å². The van der Waals surface area contributed by atoms with Crippen LogP contribution >= 0.6 is 35.0 Å². The van der Waals surface area contributed by atoms with Gasteiger partial charge in [-0.3, -0.25) is 4.79 Å². The number of thioether (sulfide) groups is 1. The molecular formula is C15H14Cl2N2O3S2. The number of hydrogen-bond acceptors (Lipinski definition) is 4. The van der Waals surface area contributed by atoms with E-state index in [-0.39, 0.29) is 17.2 Å². The van der Waals surface area contributed by atoms with E-state index in [0.29, 0.717) is 21.5 Å². The van der Waals surface area contributed by atoms with Crippen molar-refractivity contribution in [3.8, 4) is 0 Å². The second-order valence-corrected chi connectivity index (χ2v) is 8.33. The Morgan fingerprint density at radius 1 is 1.12 bits per heavy atom. The summed E-state index contributed by atoms with van der Waals surface area (Å²) in [5.41, 5.74) is 0.498. The highest BCUT2D eigenvalue weighted by Gasteiger charge is 2.09. The van der Waals surface area contributed by atoms with Crippen molar-refractivity contribution < 1.29 is 13.2 Å². The summed E-state index contributed by atoms with van der Waals surface area (Å²) in [6, 6.07) is 10.8. The molecule has 0 aliphatic heterocycles. The molecule has 128 valence electrons. The fourth-order valence-corrected chi connectivity index (χ4v) is 3.75. The van der Waals surface area contributed by atoms with Crippen LogP contribution in [-0.4, -0.2) is 20.1 Å². The summed E-state index contributed by atoms with van der Waals surface area (Å²) in [7, 11) is -3.74. The number of carbonyl (C=O) groups excluding carboxylic acids is 1. The molecule has 0 saturated carbocycles. The first-order valence-electron chi connectivity index (χ1n) is 6.76. The predicted molar refractivity (Wildman–Crippen MR) is 98.2 cm³/mol. The lowest BCUT2D eigenvalue weighted by molar-refractivity contribution is -0.115. The van der Waals surface area contributed by atoms with E-state index in [0.717, 1.165) is 4.90 Å². The van der Waals surface area contributed by atoms with Crippen molar-refractivity contribution in [2.45, 2.75) is 16.2 Å². The lowest BCUT2D eigenvalue weighted by Crippen LogP contribution is -2.14. The van der Waals surface area contributed by atoms with Gasteiger partial charge in [-0.25, -0.2) is 13.6 Å². The number of rotatable bonds is 6. The molecule has 0 bridgehead atoms. The average Bonchev–Trinajstić information content (AvgIpc) is 2.50. The second-order valence-electron chi connectivity index (χ2n) is 4.79. The Labute approximate surface area is 154 Å². The molecule has 9 heteroatoms. The Bertz CT molecular complexity index is 840.